The number of carbonyl (C=O) groups is 1. The van der Waals surface area contributed by atoms with Gasteiger partial charge in [0.15, 0.2) is 11.5 Å². The van der Waals surface area contributed by atoms with E-state index in [1.54, 1.807) is 26.4 Å². The van der Waals surface area contributed by atoms with Crippen LogP contribution in [0.15, 0.2) is 42.5 Å². The molecule has 0 radical (unpaired) electrons. The van der Waals surface area contributed by atoms with E-state index in [4.69, 9.17) is 9.47 Å². The first-order valence-electron chi connectivity index (χ1n) is 8.59. The first-order chi connectivity index (χ1) is 12.4. The van der Waals surface area contributed by atoms with Crippen molar-refractivity contribution in [3.05, 3.63) is 59.4 Å². The molecule has 0 aromatic heterocycles. The number of carbonyl (C=O) groups excluding carboxylic acids is 1. The van der Waals surface area contributed by atoms with Gasteiger partial charge in [-0.05, 0) is 41.8 Å². The van der Waals surface area contributed by atoms with Crippen LogP contribution in [-0.4, -0.2) is 26.7 Å². The number of methoxy groups -OCH3 is 2. The fourth-order valence-corrected chi connectivity index (χ4v) is 2.71. The summed E-state index contributed by atoms with van der Waals surface area (Å²) in [5.74, 6) is 1.04. The second-order valence-electron chi connectivity index (χ2n) is 6.86. The normalized spacial score (nSPS) is 11.1. The lowest BCUT2D eigenvalue weighted by atomic mass is 9.84. The minimum atomic E-state index is -0.271. The predicted molar refractivity (Wildman–Crippen MR) is 100 cm³/mol. The highest BCUT2D eigenvalue weighted by molar-refractivity contribution is 5.76. The zero-order valence-electron chi connectivity index (χ0n) is 15.8. The maximum absolute atomic E-state index is 13.1. The van der Waals surface area contributed by atoms with Crippen molar-refractivity contribution in [3.8, 4) is 11.5 Å². The Kier molecular flexibility index (Phi) is 6.61. The second kappa shape index (κ2) is 8.70. The number of hydrogen-bond acceptors (Lipinski definition) is 3. The molecule has 2 rings (SSSR count). The fraction of sp³-hybridized carbons (Fsp3) is 0.381. The van der Waals surface area contributed by atoms with E-state index in [9.17, 15) is 9.18 Å². The number of aryl methyl sites for hydroxylation is 1. The summed E-state index contributed by atoms with van der Waals surface area (Å²) in [6, 6.07) is 12.0. The Morgan fingerprint density at radius 3 is 2.31 bits per heavy atom. The van der Waals surface area contributed by atoms with Gasteiger partial charge < -0.3 is 14.8 Å². The third-order valence-corrected chi connectivity index (χ3v) is 4.44. The van der Waals surface area contributed by atoms with Crippen LogP contribution in [0.1, 0.15) is 31.4 Å². The van der Waals surface area contributed by atoms with Gasteiger partial charge in [0.2, 0.25) is 5.91 Å². The summed E-state index contributed by atoms with van der Waals surface area (Å²) in [7, 11) is 3.18. The summed E-state index contributed by atoms with van der Waals surface area (Å²) in [6.07, 6.45) is 0.998. The smallest absolute Gasteiger partial charge is 0.220 e. The second-order valence-corrected chi connectivity index (χ2v) is 6.86. The molecule has 0 fully saturated rings. The van der Waals surface area contributed by atoms with E-state index in [0.29, 0.717) is 30.9 Å². The van der Waals surface area contributed by atoms with E-state index >= 15 is 0 Å². The molecule has 0 aliphatic carbocycles. The van der Waals surface area contributed by atoms with Crippen LogP contribution in [0, 0.1) is 5.82 Å². The molecule has 0 unspecified atom stereocenters. The summed E-state index contributed by atoms with van der Waals surface area (Å²) in [5.41, 5.74) is 1.72. The van der Waals surface area contributed by atoms with Crippen molar-refractivity contribution >= 4 is 5.91 Å². The van der Waals surface area contributed by atoms with Crippen molar-refractivity contribution < 1.29 is 18.7 Å². The molecule has 2 aromatic carbocycles. The number of rotatable bonds is 8. The maximum Gasteiger partial charge on any atom is 0.220 e. The van der Waals surface area contributed by atoms with E-state index in [-0.39, 0.29) is 17.1 Å². The minimum Gasteiger partial charge on any atom is -0.493 e. The van der Waals surface area contributed by atoms with Gasteiger partial charge >= 0.3 is 0 Å². The van der Waals surface area contributed by atoms with Crippen molar-refractivity contribution in [2.24, 2.45) is 0 Å². The molecule has 0 heterocycles. The number of amides is 1. The molecule has 1 amide bonds. The lowest BCUT2D eigenvalue weighted by Crippen LogP contribution is -2.36. The molecule has 0 atom stereocenters. The number of hydrogen-bond donors (Lipinski definition) is 1. The summed E-state index contributed by atoms with van der Waals surface area (Å²) in [5, 5.41) is 2.97. The Hall–Kier alpha value is -2.56. The van der Waals surface area contributed by atoms with Crippen LogP contribution in [0.5, 0.6) is 11.5 Å². The summed E-state index contributed by atoms with van der Waals surface area (Å²) in [4.78, 5) is 12.2. The van der Waals surface area contributed by atoms with Crippen LogP contribution >= 0.6 is 0 Å². The molecule has 0 bridgehead atoms. The van der Waals surface area contributed by atoms with E-state index in [0.717, 1.165) is 11.1 Å². The largest absolute Gasteiger partial charge is 0.493 e. The Morgan fingerprint density at radius 1 is 1.04 bits per heavy atom. The predicted octanol–water partition coefficient (Wildman–Crippen LogP) is 3.87. The topological polar surface area (TPSA) is 47.6 Å². The quantitative estimate of drug-likeness (QED) is 0.778. The van der Waals surface area contributed by atoms with Gasteiger partial charge in [-0.3, -0.25) is 4.79 Å². The highest BCUT2D eigenvalue weighted by Crippen LogP contribution is 2.28. The molecule has 0 spiro atoms. The van der Waals surface area contributed by atoms with Gasteiger partial charge in [-0.2, -0.15) is 0 Å². The number of benzene rings is 2. The van der Waals surface area contributed by atoms with E-state index in [1.165, 1.54) is 12.1 Å². The Balaban J connectivity index is 1.88. The van der Waals surface area contributed by atoms with Crippen LogP contribution in [0.25, 0.3) is 0 Å². The molecular weight excluding hydrogens is 333 g/mol. The zero-order valence-corrected chi connectivity index (χ0v) is 15.8. The zero-order chi connectivity index (χ0) is 19.2. The fourth-order valence-electron chi connectivity index (χ4n) is 2.71. The highest BCUT2D eigenvalue weighted by atomic mass is 19.1. The van der Waals surface area contributed by atoms with Crippen LogP contribution in [0.3, 0.4) is 0 Å². The van der Waals surface area contributed by atoms with E-state index < -0.39 is 0 Å². The van der Waals surface area contributed by atoms with Gasteiger partial charge in [0.1, 0.15) is 5.82 Å². The van der Waals surface area contributed by atoms with Crippen LogP contribution in [0.2, 0.25) is 0 Å². The molecule has 26 heavy (non-hydrogen) atoms. The molecule has 0 aliphatic rings. The number of nitrogens with one attached hydrogen (secondary N) is 1. The van der Waals surface area contributed by atoms with Crippen molar-refractivity contribution in [3.63, 3.8) is 0 Å². The van der Waals surface area contributed by atoms with Gasteiger partial charge in [0.25, 0.3) is 0 Å². The first-order valence-corrected chi connectivity index (χ1v) is 8.59. The third-order valence-electron chi connectivity index (χ3n) is 4.44. The first kappa shape index (κ1) is 19.8. The van der Waals surface area contributed by atoms with E-state index in [2.05, 4.69) is 5.32 Å². The summed E-state index contributed by atoms with van der Waals surface area (Å²) in [6.45, 7) is 4.53. The average Bonchev–Trinajstić information content (AvgIpc) is 2.64. The van der Waals surface area contributed by atoms with Gasteiger partial charge in [0.05, 0.1) is 14.2 Å². The lowest BCUT2D eigenvalue weighted by molar-refractivity contribution is -0.121. The van der Waals surface area contributed by atoms with Crippen LogP contribution in [0.4, 0.5) is 4.39 Å². The van der Waals surface area contributed by atoms with Crippen LogP contribution in [-0.2, 0) is 16.6 Å². The van der Waals surface area contributed by atoms with Crippen molar-refractivity contribution in [2.75, 3.05) is 20.8 Å². The molecule has 0 saturated heterocycles. The summed E-state index contributed by atoms with van der Waals surface area (Å²) < 4.78 is 23.6. The van der Waals surface area contributed by atoms with E-state index in [1.807, 2.05) is 32.0 Å². The molecule has 140 valence electrons. The maximum atomic E-state index is 13.1. The average molecular weight is 359 g/mol. The number of ether oxygens (including phenoxy) is 2. The molecule has 1 N–H and O–H groups in total. The molecule has 5 heteroatoms. The monoisotopic (exact) mass is 359 g/mol. The van der Waals surface area contributed by atoms with Gasteiger partial charge in [0, 0.05) is 18.4 Å². The SMILES string of the molecule is COc1ccc(CCC(=O)NCC(C)(C)c2ccc(F)cc2)cc1OC. The van der Waals surface area contributed by atoms with Crippen molar-refractivity contribution in [1.82, 2.24) is 5.32 Å². The van der Waals surface area contributed by atoms with Gasteiger partial charge in [-0.25, -0.2) is 4.39 Å². The highest BCUT2D eigenvalue weighted by Gasteiger charge is 2.21. The van der Waals surface area contributed by atoms with Gasteiger partial charge in [-0.1, -0.05) is 32.0 Å². The van der Waals surface area contributed by atoms with Gasteiger partial charge in [-0.15, -0.1) is 0 Å². The lowest BCUT2D eigenvalue weighted by Gasteiger charge is -2.25. The summed E-state index contributed by atoms with van der Waals surface area (Å²) >= 11 is 0. The third kappa shape index (κ3) is 5.22. The molecule has 0 saturated carbocycles. The molecule has 2 aromatic rings. The standard InChI is InChI=1S/C21H26FNO3/c1-21(2,16-7-9-17(22)10-8-16)14-23-20(24)12-6-15-5-11-18(25-3)19(13-15)26-4/h5,7-11,13H,6,12,14H2,1-4H3,(H,23,24). The van der Waals surface area contributed by atoms with Crippen LogP contribution < -0.4 is 14.8 Å². The molecule has 4 nitrogen and oxygen atoms in total. The number of halogens is 1. The molecular formula is C21H26FNO3. The Bertz CT molecular complexity index is 741. The Labute approximate surface area is 154 Å². The Morgan fingerprint density at radius 2 is 1.69 bits per heavy atom. The molecule has 0 aliphatic heterocycles. The van der Waals surface area contributed by atoms with Crippen molar-refractivity contribution in [2.45, 2.75) is 32.1 Å². The minimum absolute atomic E-state index is 0.0185. The van der Waals surface area contributed by atoms with Crippen molar-refractivity contribution in [1.29, 1.82) is 0 Å².